The number of benzene rings is 2. The Morgan fingerprint density at radius 1 is 1.14 bits per heavy atom. The van der Waals surface area contributed by atoms with E-state index in [4.69, 9.17) is 4.74 Å². The van der Waals surface area contributed by atoms with Crippen molar-refractivity contribution >= 4 is 16.5 Å². The van der Waals surface area contributed by atoms with Crippen LogP contribution in [-0.4, -0.2) is 14.0 Å². The molecule has 0 amide bonds. The normalized spacial score (nSPS) is 15.1. The number of nitriles is 1. The van der Waals surface area contributed by atoms with E-state index < -0.39 is 16.5 Å². The highest BCUT2D eigenvalue weighted by Crippen LogP contribution is 2.46. The standard InChI is InChI=1S/C21H21FN2O3S/c1-3-21(4-2)18(12-23)20(15-6-8-16(22)9-7-15)17-10-5-14(11-19(17)27-21)13-24-28(25)26/h5-11,28H,3-4,13H2,1-2H3,(H,24,25,26). The van der Waals surface area contributed by atoms with Crippen LogP contribution in [0.3, 0.4) is 0 Å². The molecule has 0 fully saturated rings. The van der Waals surface area contributed by atoms with Crippen molar-refractivity contribution in [2.45, 2.75) is 38.8 Å². The summed E-state index contributed by atoms with van der Waals surface area (Å²) >= 11 is 0. The van der Waals surface area contributed by atoms with E-state index in [2.05, 4.69) is 10.8 Å². The molecule has 7 heteroatoms. The van der Waals surface area contributed by atoms with Crippen LogP contribution >= 0.6 is 0 Å². The van der Waals surface area contributed by atoms with Crippen molar-refractivity contribution < 1.29 is 17.5 Å². The van der Waals surface area contributed by atoms with Crippen molar-refractivity contribution in [1.82, 2.24) is 4.72 Å². The number of hydrogen-bond donors (Lipinski definition) is 2. The fourth-order valence-electron chi connectivity index (χ4n) is 3.57. The maximum atomic E-state index is 13.5. The van der Waals surface area contributed by atoms with E-state index in [9.17, 15) is 18.1 Å². The number of rotatable bonds is 6. The molecule has 0 aromatic heterocycles. The fourth-order valence-corrected chi connectivity index (χ4v) is 3.88. The molecule has 0 unspecified atom stereocenters. The summed E-state index contributed by atoms with van der Waals surface area (Å²) < 4.78 is 43.8. The molecule has 146 valence electrons. The first-order valence-electron chi connectivity index (χ1n) is 9.05. The van der Waals surface area contributed by atoms with Gasteiger partial charge < -0.3 is 4.74 Å². The molecular formula is C21H21FN2O3S. The van der Waals surface area contributed by atoms with Gasteiger partial charge in [-0.3, -0.25) is 0 Å². The fraction of sp³-hybridized carbons (Fsp3) is 0.286. The first kappa shape index (κ1) is 20.1. The van der Waals surface area contributed by atoms with E-state index in [-0.39, 0.29) is 12.4 Å². The van der Waals surface area contributed by atoms with Crippen molar-refractivity contribution in [2.24, 2.45) is 0 Å². The quantitative estimate of drug-likeness (QED) is 0.725. The molecule has 1 N–H and O–H groups in total. The number of halogens is 1. The van der Waals surface area contributed by atoms with Crippen molar-refractivity contribution in [1.29, 1.82) is 5.26 Å². The van der Waals surface area contributed by atoms with Crippen LogP contribution in [-0.2, 0) is 17.4 Å². The molecule has 3 rings (SSSR count). The lowest BCUT2D eigenvalue weighted by Gasteiger charge is -2.38. The number of fused-ring (bicyclic) bond motifs is 1. The molecular weight excluding hydrogens is 379 g/mol. The van der Waals surface area contributed by atoms with Crippen molar-refractivity contribution in [2.75, 3.05) is 0 Å². The molecule has 0 aliphatic carbocycles. The second-order valence-electron chi connectivity index (χ2n) is 6.59. The molecule has 0 spiro atoms. The summed E-state index contributed by atoms with van der Waals surface area (Å²) in [4.78, 5) is 0. The molecule has 1 aliphatic heterocycles. The Hall–Kier alpha value is -2.69. The molecule has 0 bridgehead atoms. The van der Waals surface area contributed by atoms with Gasteiger partial charge in [0.25, 0.3) is 0 Å². The highest BCUT2D eigenvalue weighted by Gasteiger charge is 2.41. The molecule has 1 heterocycles. The third-order valence-electron chi connectivity index (χ3n) is 5.13. The summed E-state index contributed by atoms with van der Waals surface area (Å²) in [7, 11) is -2.70. The zero-order valence-electron chi connectivity index (χ0n) is 15.7. The van der Waals surface area contributed by atoms with Gasteiger partial charge >= 0.3 is 0 Å². The summed E-state index contributed by atoms with van der Waals surface area (Å²) in [5.41, 5.74) is 2.67. The third kappa shape index (κ3) is 3.66. The van der Waals surface area contributed by atoms with Crippen LogP contribution in [0.1, 0.15) is 43.4 Å². The van der Waals surface area contributed by atoms with Crippen molar-refractivity contribution in [3.05, 3.63) is 70.5 Å². The molecule has 0 atom stereocenters. The summed E-state index contributed by atoms with van der Waals surface area (Å²) in [6.45, 7) is 4.07. The van der Waals surface area contributed by atoms with Crippen LogP contribution in [0.4, 0.5) is 4.39 Å². The molecule has 2 aromatic rings. The maximum absolute atomic E-state index is 13.5. The summed E-state index contributed by atoms with van der Waals surface area (Å²) in [6.07, 6.45) is 1.18. The lowest BCUT2D eigenvalue weighted by Crippen LogP contribution is -2.40. The maximum Gasteiger partial charge on any atom is 0.201 e. The molecule has 1 aliphatic rings. The van der Waals surface area contributed by atoms with Gasteiger partial charge in [0.2, 0.25) is 10.9 Å². The summed E-state index contributed by atoms with van der Waals surface area (Å²) in [5.74, 6) is 0.239. The van der Waals surface area contributed by atoms with Crippen LogP contribution in [0.25, 0.3) is 5.57 Å². The number of nitrogens with one attached hydrogen (secondary N) is 1. The van der Waals surface area contributed by atoms with E-state index in [1.807, 2.05) is 19.9 Å². The van der Waals surface area contributed by atoms with E-state index in [0.29, 0.717) is 24.2 Å². The predicted molar refractivity (Wildman–Crippen MR) is 106 cm³/mol. The smallest absolute Gasteiger partial charge is 0.201 e. The second-order valence-corrected chi connectivity index (χ2v) is 7.43. The predicted octanol–water partition coefficient (Wildman–Crippen LogP) is 3.72. The Morgan fingerprint density at radius 2 is 1.82 bits per heavy atom. The van der Waals surface area contributed by atoms with Gasteiger partial charge in [0.15, 0.2) is 0 Å². The minimum atomic E-state index is -2.70. The van der Waals surface area contributed by atoms with Gasteiger partial charge in [-0.25, -0.2) is 17.5 Å². The lowest BCUT2D eigenvalue weighted by molar-refractivity contribution is 0.0993. The summed E-state index contributed by atoms with van der Waals surface area (Å²) in [6, 6.07) is 13.8. The average Bonchev–Trinajstić information content (AvgIpc) is 2.71. The summed E-state index contributed by atoms with van der Waals surface area (Å²) in [5, 5.41) is 9.96. The van der Waals surface area contributed by atoms with Crippen molar-refractivity contribution in [3.63, 3.8) is 0 Å². The van der Waals surface area contributed by atoms with Crippen LogP contribution in [0.5, 0.6) is 5.75 Å². The minimum Gasteiger partial charge on any atom is -0.481 e. The zero-order chi connectivity index (χ0) is 20.3. The number of hydrogen-bond acceptors (Lipinski definition) is 4. The zero-order valence-corrected chi connectivity index (χ0v) is 16.6. The highest BCUT2D eigenvalue weighted by molar-refractivity contribution is 7.70. The molecule has 2 aromatic carbocycles. The first-order chi connectivity index (χ1) is 13.4. The van der Waals surface area contributed by atoms with Crippen LogP contribution < -0.4 is 9.46 Å². The monoisotopic (exact) mass is 400 g/mol. The Morgan fingerprint density at radius 3 is 2.39 bits per heavy atom. The Labute approximate surface area is 165 Å². The largest absolute Gasteiger partial charge is 0.481 e. The minimum absolute atomic E-state index is 0.154. The van der Waals surface area contributed by atoms with Gasteiger partial charge in [-0.05, 0) is 42.2 Å². The van der Waals surface area contributed by atoms with Crippen LogP contribution in [0, 0.1) is 17.1 Å². The van der Waals surface area contributed by atoms with Gasteiger partial charge in [0.05, 0.1) is 11.6 Å². The molecule has 28 heavy (non-hydrogen) atoms. The van der Waals surface area contributed by atoms with Gasteiger partial charge in [-0.1, -0.05) is 38.1 Å². The van der Waals surface area contributed by atoms with Gasteiger partial charge in [-0.15, -0.1) is 0 Å². The van der Waals surface area contributed by atoms with Gasteiger partial charge in [-0.2, -0.15) is 5.26 Å². The molecule has 0 saturated carbocycles. The van der Waals surface area contributed by atoms with E-state index in [0.717, 1.165) is 22.3 Å². The van der Waals surface area contributed by atoms with E-state index >= 15 is 0 Å². The highest BCUT2D eigenvalue weighted by atomic mass is 32.2. The Kier molecular flexibility index (Phi) is 5.82. The topological polar surface area (TPSA) is 79.2 Å². The lowest BCUT2D eigenvalue weighted by atomic mass is 9.78. The first-order valence-corrected chi connectivity index (χ1v) is 10.2. The third-order valence-corrected chi connectivity index (χ3v) is 5.54. The molecule has 5 nitrogen and oxygen atoms in total. The number of nitrogens with zero attached hydrogens (tertiary/aromatic N) is 1. The number of ether oxygens (including phenoxy) is 1. The van der Waals surface area contributed by atoms with E-state index in [1.165, 1.54) is 12.1 Å². The SMILES string of the molecule is CCC1(CC)Oc2cc(CN[SH](=O)=O)ccc2C(c2ccc(F)cc2)=C1C#N. The average molecular weight is 400 g/mol. The number of thiol groups is 1. The second kappa shape index (κ2) is 8.13. The van der Waals surface area contributed by atoms with Gasteiger partial charge in [0.1, 0.15) is 17.2 Å². The Bertz CT molecular complexity index is 1020. The molecule has 0 radical (unpaired) electrons. The van der Waals surface area contributed by atoms with E-state index in [1.54, 1.807) is 24.3 Å². The van der Waals surface area contributed by atoms with Gasteiger partial charge in [0, 0.05) is 17.7 Å². The Balaban J connectivity index is 2.22. The van der Waals surface area contributed by atoms with Crippen LogP contribution in [0.2, 0.25) is 0 Å². The van der Waals surface area contributed by atoms with Crippen molar-refractivity contribution in [3.8, 4) is 11.8 Å². The van der Waals surface area contributed by atoms with Crippen LogP contribution in [0.15, 0.2) is 48.0 Å². The molecule has 0 saturated heterocycles.